The molecule has 1 N–H and O–H groups in total. The fraction of sp³-hybridized carbons (Fsp3) is 0.176. The van der Waals surface area contributed by atoms with E-state index in [1.165, 1.54) is 0 Å². The van der Waals surface area contributed by atoms with E-state index in [4.69, 9.17) is 5.26 Å². The van der Waals surface area contributed by atoms with Gasteiger partial charge in [-0.25, -0.2) is 0 Å². The number of carbonyl (C=O) groups excluding carboxylic acids is 1. The minimum atomic E-state index is -0.158. The van der Waals surface area contributed by atoms with Crippen molar-refractivity contribution in [1.82, 2.24) is 0 Å². The van der Waals surface area contributed by atoms with Gasteiger partial charge in [-0.3, -0.25) is 4.79 Å². The predicted molar refractivity (Wildman–Crippen MR) is 86.5 cm³/mol. The van der Waals surface area contributed by atoms with Gasteiger partial charge < -0.3 is 5.32 Å². The molecule has 2 aromatic carbocycles. The van der Waals surface area contributed by atoms with Crippen LogP contribution in [-0.2, 0) is 0 Å². The van der Waals surface area contributed by atoms with Gasteiger partial charge in [0.2, 0.25) is 0 Å². The van der Waals surface area contributed by atoms with Crippen LogP contribution in [0.1, 0.15) is 29.8 Å². The minimum absolute atomic E-state index is 0.158. The number of nitrogens with zero attached hydrogens (tertiary/aromatic N) is 1. The van der Waals surface area contributed by atoms with Crippen LogP contribution in [-0.4, -0.2) is 11.2 Å². The second-order valence-electron chi connectivity index (χ2n) is 4.81. The number of anilines is 1. The number of hydrogen-bond donors (Lipinski definition) is 1. The molecule has 0 unspecified atom stereocenters. The van der Waals surface area contributed by atoms with Gasteiger partial charge in [-0.1, -0.05) is 32.0 Å². The van der Waals surface area contributed by atoms with Crippen molar-refractivity contribution in [3.63, 3.8) is 0 Å². The Morgan fingerprint density at radius 2 is 1.95 bits per heavy atom. The number of benzene rings is 2. The largest absolute Gasteiger partial charge is 0.322 e. The van der Waals surface area contributed by atoms with Crippen molar-refractivity contribution >= 4 is 23.4 Å². The highest BCUT2D eigenvalue weighted by molar-refractivity contribution is 8.00. The molecule has 0 saturated carbocycles. The van der Waals surface area contributed by atoms with E-state index in [1.807, 2.05) is 24.3 Å². The molecule has 0 bridgehead atoms. The molecule has 3 nitrogen and oxygen atoms in total. The summed E-state index contributed by atoms with van der Waals surface area (Å²) in [7, 11) is 0. The van der Waals surface area contributed by atoms with Crippen LogP contribution in [0, 0.1) is 11.3 Å². The summed E-state index contributed by atoms with van der Waals surface area (Å²) in [6.45, 7) is 4.19. The van der Waals surface area contributed by atoms with Crippen LogP contribution in [0.25, 0.3) is 0 Å². The van der Waals surface area contributed by atoms with Crippen molar-refractivity contribution < 1.29 is 4.79 Å². The first-order valence-electron chi connectivity index (χ1n) is 6.67. The lowest BCUT2D eigenvalue weighted by molar-refractivity contribution is 0.102. The second-order valence-corrected chi connectivity index (χ2v) is 6.43. The zero-order valence-corrected chi connectivity index (χ0v) is 12.8. The highest BCUT2D eigenvalue weighted by Crippen LogP contribution is 2.27. The van der Waals surface area contributed by atoms with Crippen molar-refractivity contribution in [3.8, 4) is 6.07 Å². The Labute approximate surface area is 129 Å². The lowest BCUT2D eigenvalue weighted by Crippen LogP contribution is -2.13. The van der Waals surface area contributed by atoms with Crippen molar-refractivity contribution in [1.29, 1.82) is 5.26 Å². The van der Waals surface area contributed by atoms with Crippen LogP contribution < -0.4 is 5.32 Å². The lowest BCUT2D eigenvalue weighted by atomic mass is 10.2. The third-order valence-electron chi connectivity index (χ3n) is 2.74. The summed E-state index contributed by atoms with van der Waals surface area (Å²) < 4.78 is 0. The van der Waals surface area contributed by atoms with Gasteiger partial charge in [0, 0.05) is 15.8 Å². The van der Waals surface area contributed by atoms with E-state index in [0.717, 1.165) is 4.90 Å². The number of nitriles is 1. The zero-order chi connectivity index (χ0) is 15.2. The van der Waals surface area contributed by atoms with Gasteiger partial charge in [0.15, 0.2) is 0 Å². The van der Waals surface area contributed by atoms with Gasteiger partial charge in [-0.05, 0) is 30.3 Å². The van der Waals surface area contributed by atoms with Gasteiger partial charge >= 0.3 is 0 Å². The molecule has 0 aliphatic carbocycles. The SMILES string of the molecule is CC(C)Sc1ccccc1C(=O)Nc1cccc(C#N)c1. The van der Waals surface area contributed by atoms with E-state index in [1.54, 1.807) is 36.0 Å². The van der Waals surface area contributed by atoms with Crippen LogP contribution in [0.5, 0.6) is 0 Å². The monoisotopic (exact) mass is 296 g/mol. The van der Waals surface area contributed by atoms with Crippen LogP contribution in [0.15, 0.2) is 53.4 Å². The molecular formula is C17H16N2OS. The molecule has 106 valence electrons. The van der Waals surface area contributed by atoms with Gasteiger partial charge in [-0.2, -0.15) is 5.26 Å². The third-order valence-corrected chi connectivity index (χ3v) is 3.83. The molecular weight excluding hydrogens is 280 g/mol. The number of hydrogen-bond acceptors (Lipinski definition) is 3. The van der Waals surface area contributed by atoms with Crippen molar-refractivity contribution in [2.45, 2.75) is 24.0 Å². The normalized spacial score (nSPS) is 10.2. The molecule has 0 aliphatic heterocycles. The Hall–Kier alpha value is -2.25. The summed E-state index contributed by atoms with van der Waals surface area (Å²) in [6.07, 6.45) is 0. The molecule has 0 atom stereocenters. The quantitative estimate of drug-likeness (QED) is 0.855. The fourth-order valence-corrected chi connectivity index (χ4v) is 2.83. The van der Waals surface area contributed by atoms with Crippen LogP contribution >= 0.6 is 11.8 Å². The molecule has 21 heavy (non-hydrogen) atoms. The minimum Gasteiger partial charge on any atom is -0.322 e. The molecule has 0 radical (unpaired) electrons. The topological polar surface area (TPSA) is 52.9 Å². The predicted octanol–water partition coefficient (Wildman–Crippen LogP) is 4.31. The van der Waals surface area contributed by atoms with Crippen LogP contribution in [0.3, 0.4) is 0 Å². The summed E-state index contributed by atoms with van der Waals surface area (Å²) >= 11 is 1.66. The molecule has 2 rings (SSSR count). The molecule has 1 amide bonds. The van der Waals surface area contributed by atoms with E-state index in [9.17, 15) is 4.79 Å². The highest BCUT2D eigenvalue weighted by atomic mass is 32.2. The molecule has 0 aliphatic rings. The fourth-order valence-electron chi connectivity index (χ4n) is 1.88. The number of nitrogens with one attached hydrogen (secondary N) is 1. The maximum absolute atomic E-state index is 12.4. The van der Waals surface area contributed by atoms with E-state index in [-0.39, 0.29) is 5.91 Å². The summed E-state index contributed by atoms with van der Waals surface area (Å²) in [5.74, 6) is -0.158. The second kappa shape index (κ2) is 6.96. The average Bonchev–Trinajstić information content (AvgIpc) is 2.47. The average molecular weight is 296 g/mol. The molecule has 0 aromatic heterocycles. The van der Waals surface area contributed by atoms with E-state index in [2.05, 4.69) is 25.2 Å². The van der Waals surface area contributed by atoms with Gasteiger partial charge in [0.25, 0.3) is 5.91 Å². The van der Waals surface area contributed by atoms with Gasteiger partial charge in [0.1, 0.15) is 0 Å². The summed E-state index contributed by atoms with van der Waals surface area (Å²) in [5.41, 5.74) is 1.81. The van der Waals surface area contributed by atoms with Crippen LogP contribution in [0.4, 0.5) is 5.69 Å². The molecule has 0 heterocycles. The Kier molecular flexibility index (Phi) is 5.02. The highest BCUT2D eigenvalue weighted by Gasteiger charge is 2.12. The Balaban J connectivity index is 2.22. The third kappa shape index (κ3) is 4.11. The Bertz CT molecular complexity index is 689. The smallest absolute Gasteiger partial charge is 0.256 e. The van der Waals surface area contributed by atoms with Crippen molar-refractivity contribution in [3.05, 3.63) is 59.7 Å². The number of amides is 1. The van der Waals surface area contributed by atoms with Crippen molar-refractivity contribution in [2.75, 3.05) is 5.32 Å². The number of thioether (sulfide) groups is 1. The van der Waals surface area contributed by atoms with Crippen LogP contribution in [0.2, 0.25) is 0 Å². The Morgan fingerprint density at radius 1 is 1.19 bits per heavy atom. The van der Waals surface area contributed by atoms with E-state index >= 15 is 0 Å². The van der Waals surface area contributed by atoms with Gasteiger partial charge in [-0.15, -0.1) is 11.8 Å². The zero-order valence-electron chi connectivity index (χ0n) is 12.0. The number of rotatable bonds is 4. The summed E-state index contributed by atoms with van der Waals surface area (Å²) in [6, 6.07) is 16.5. The Morgan fingerprint density at radius 3 is 2.67 bits per heavy atom. The molecule has 4 heteroatoms. The van der Waals surface area contributed by atoms with Gasteiger partial charge in [0.05, 0.1) is 17.2 Å². The molecule has 0 spiro atoms. The summed E-state index contributed by atoms with van der Waals surface area (Å²) in [4.78, 5) is 13.4. The first-order chi connectivity index (χ1) is 10.1. The number of carbonyl (C=O) groups is 1. The molecule has 0 fully saturated rings. The van der Waals surface area contributed by atoms with E-state index in [0.29, 0.717) is 22.1 Å². The maximum Gasteiger partial charge on any atom is 0.256 e. The molecule has 2 aromatic rings. The first kappa shape index (κ1) is 15.1. The maximum atomic E-state index is 12.4. The standard InChI is InChI=1S/C17H16N2OS/c1-12(2)21-16-9-4-3-8-15(16)17(20)19-14-7-5-6-13(10-14)11-18/h3-10,12H,1-2H3,(H,19,20). The first-order valence-corrected chi connectivity index (χ1v) is 7.55. The van der Waals surface area contributed by atoms with E-state index < -0.39 is 0 Å². The van der Waals surface area contributed by atoms with Crippen molar-refractivity contribution in [2.24, 2.45) is 0 Å². The lowest BCUT2D eigenvalue weighted by Gasteiger charge is -2.11. The summed E-state index contributed by atoms with van der Waals surface area (Å²) in [5, 5.41) is 12.1. The molecule has 0 saturated heterocycles.